The van der Waals surface area contributed by atoms with Gasteiger partial charge < -0.3 is 0 Å². The van der Waals surface area contributed by atoms with Crippen molar-refractivity contribution >= 4 is 50.8 Å². The number of rotatable bonds is 5. The predicted octanol–water partition coefficient (Wildman–Crippen LogP) is 3.85. The molecule has 1 fully saturated rings. The maximum atomic E-state index is 12.4. The van der Waals surface area contributed by atoms with Crippen LogP contribution in [0.5, 0.6) is 0 Å². The van der Waals surface area contributed by atoms with Crippen molar-refractivity contribution in [2.24, 2.45) is 11.8 Å². The lowest BCUT2D eigenvalue weighted by Crippen LogP contribution is -2.45. The van der Waals surface area contributed by atoms with Crippen LogP contribution in [0.25, 0.3) is 15.9 Å². The van der Waals surface area contributed by atoms with Gasteiger partial charge in [0.15, 0.2) is 10.8 Å². The molecule has 10 heteroatoms. The molecule has 2 N–H and O–H groups in total. The maximum Gasteiger partial charge on any atom is 0.248 e. The third-order valence-corrected chi connectivity index (χ3v) is 8.87. The highest BCUT2D eigenvalue weighted by Crippen LogP contribution is 2.39. The maximum absolute atomic E-state index is 12.4. The number of nitrogens with zero attached hydrogens (tertiary/aromatic N) is 4. The SMILES string of the molecule is CCc1nc2sc3c(c2c2nnc(SCC(=O)NNC(=O)C4CCCCC4)n12)CC[C@H](C)C3. The van der Waals surface area contributed by atoms with Crippen molar-refractivity contribution < 1.29 is 9.59 Å². The van der Waals surface area contributed by atoms with Crippen LogP contribution in [-0.2, 0) is 28.9 Å². The summed E-state index contributed by atoms with van der Waals surface area (Å²) < 4.78 is 2.01. The molecular weight excluding hydrogens is 456 g/mol. The molecule has 2 amide bonds. The molecule has 176 valence electrons. The molecule has 3 aromatic rings. The highest BCUT2D eigenvalue weighted by molar-refractivity contribution is 7.99. The topological polar surface area (TPSA) is 101 Å². The average molecular weight is 487 g/mol. The minimum atomic E-state index is -0.255. The quantitative estimate of drug-likeness (QED) is 0.420. The van der Waals surface area contributed by atoms with Crippen LogP contribution in [0, 0.1) is 11.8 Å². The number of hydrogen-bond donors (Lipinski definition) is 2. The van der Waals surface area contributed by atoms with Crippen LogP contribution < -0.4 is 10.9 Å². The molecule has 3 aromatic heterocycles. The molecule has 3 heterocycles. The summed E-state index contributed by atoms with van der Waals surface area (Å²) in [5.74, 6) is 1.42. The van der Waals surface area contributed by atoms with Crippen LogP contribution in [0.4, 0.5) is 0 Å². The predicted molar refractivity (Wildman–Crippen MR) is 130 cm³/mol. The van der Waals surface area contributed by atoms with E-state index in [2.05, 4.69) is 34.9 Å². The van der Waals surface area contributed by atoms with E-state index in [9.17, 15) is 9.59 Å². The van der Waals surface area contributed by atoms with Crippen LogP contribution in [0.1, 0.15) is 68.6 Å². The monoisotopic (exact) mass is 486 g/mol. The third-order valence-electron chi connectivity index (χ3n) is 6.79. The Kier molecular flexibility index (Phi) is 6.56. The lowest BCUT2D eigenvalue weighted by Gasteiger charge is -2.20. The zero-order valence-electron chi connectivity index (χ0n) is 19.1. The van der Waals surface area contributed by atoms with E-state index >= 15 is 0 Å². The number of carbonyl (C=O) groups is 2. The molecule has 0 bridgehead atoms. The second kappa shape index (κ2) is 9.58. The van der Waals surface area contributed by atoms with Crippen molar-refractivity contribution in [2.45, 2.75) is 76.8 Å². The van der Waals surface area contributed by atoms with Crippen LogP contribution >= 0.6 is 23.1 Å². The molecule has 2 aliphatic carbocycles. The van der Waals surface area contributed by atoms with Gasteiger partial charge in [-0.15, -0.1) is 21.5 Å². The van der Waals surface area contributed by atoms with Crippen molar-refractivity contribution in [1.29, 1.82) is 0 Å². The highest BCUT2D eigenvalue weighted by Gasteiger charge is 2.26. The third kappa shape index (κ3) is 4.47. The zero-order valence-corrected chi connectivity index (χ0v) is 20.8. The lowest BCUT2D eigenvalue weighted by molar-refractivity contribution is -0.131. The Labute approximate surface area is 201 Å². The number of hydrogen-bond acceptors (Lipinski definition) is 7. The summed E-state index contributed by atoms with van der Waals surface area (Å²) in [6, 6.07) is 0. The Morgan fingerprint density at radius 3 is 2.76 bits per heavy atom. The van der Waals surface area contributed by atoms with Crippen molar-refractivity contribution in [2.75, 3.05) is 5.75 Å². The summed E-state index contributed by atoms with van der Waals surface area (Å²) in [4.78, 5) is 32.1. The Bertz CT molecular complexity index is 1200. The van der Waals surface area contributed by atoms with E-state index in [4.69, 9.17) is 4.98 Å². The molecule has 1 saturated carbocycles. The lowest BCUT2D eigenvalue weighted by atomic mass is 9.89. The summed E-state index contributed by atoms with van der Waals surface area (Å²) >= 11 is 3.11. The first-order valence-electron chi connectivity index (χ1n) is 11.9. The van der Waals surface area contributed by atoms with Crippen LogP contribution in [-0.4, -0.2) is 37.1 Å². The van der Waals surface area contributed by atoms with Crippen LogP contribution in [0.2, 0.25) is 0 Å². The molecule has 2 aliphatic rings. The Hall–Kier alpha value is -2.20. The van der Waals surface area contributed by atoms with Gasteiger partial charge in [0.2, 0.25) is 11.8 Å². The van der Waals surface area contributed by atoms with E-state index in [0.717, 1.165) is 66.6 Å². The number of nitrogens with one attached hydrogen (secondary N) is 2. The van der Waals surface area contributed by atoms with E-state index in [1.54, 1.807) is 11.3 Å². The molecule has 0 spiro atoms. The number of hydrazine groups is 1. The fourth-order valence-electron chi connectivity index (χ4n) is 4.97. The van der Waals surface area contributed by atoms with Gasteiger partial charge in [0, 0.05) is 17.2 Å². The van der Waals surface area contributed by atoms with Gasteiger partial charge in [0.05, 0.1) is 11.1 Å². The number of amides is 2. The molecule has 0 aliphatic heterocycles. The zero-order chi connectivity index (χ0) is 22.9. The average Bonchev–Trinajstić information content (AvgIpc) is 3.41. The van der Waals surface area contributed by atoms with E-state index in [1.807, 2.05) is 4.40 Å². The van der Waals surface area contributed by atoms with Crippen molar-refractivity contribution in [3.8, 4) is 0 Å². The second-order valence-electron chi connectivity index (χ2n) is 9.22. The number of carbonyl (C=O) groups excluding carboxylic acids is 2. The van der Waals surface area contributed by atoms with Gasteiger partial charge >= 0.3 is 0 Å². The van der Waals surface area contributed by atoms with E-state index in [0.29, 0.717) is 11.1 Å². The minimum Gasteiger partial charge on any atom is -0.273 e. The molecule has 5 rings (SSSR count). The van der Waals surface area contributed by atoms with Crippen LogP contribution in [0.15, 0.2) is 5.16 Å². The van der Waals surface area contributed by atoms with E-state index in [1.165, 1.54) is 35.0 Å². The second-order valence-corrected chi connectivity index (χ2v) is 11.2. The summed E-state index contributed by atoms with van der Waals surface area (Å²) in [7, 11) is 0. The molecule has 0 unspecified atom stereocenters. The van der Waals surface area contributed by atoms with Gasteiger partial charge in [-0.3, -0.25) is 24.8 Å². The standard InChI is InChI=1S/C23H30N6O2S2/c1-3-17-24-22-19(15-10-9-13(2)11-16(15)33-22)20-26-28-23(29(17)20)32-12-18(30)25-27-21(31)14-7-5-4-6-8-14/h13-14H,3-12H2,1-2H3,(H,25,30)(H,27,31)/t13-/m0/s1. The first-order valence-corrected chi connectivity index (χ1v) is 13.7. The smallest absolute Gasteiger partial charge is 0.248 e. The first kappa shape index (κ1) is 22.6. The number of fused-ring (bicyclic) bond motifs is 5. The van der Waals surface area contributed by atoms with Gasteiger partial charge in [-0.05, 0) is 43.6 Å². The number of aromatic nitrogens is 4. The number of thioether (sulfide) groups is 1. The molecule has 0 radical (unpaired) electrons. The molecular formula is C23H30N6O2S2. The minimum absolute atomic E-state index is 0.00673. The summed E-state index contributed by atoms with van der Waals surface area (Å²) in [5, 5.41) is 10.7. The fraction of sp³-hybridized carbons (Fsp3) is 0.609. The van der Waals surface area contributed by atoms with Gasteiger partial charge in [0.1, 0.15) is 10.7 Å². The summed E-state index contributed by atoms with van der Waals surface area (Å²) in [5.41, 5.74) is 7.37. The Balaban J connectivity index is 1.32. The molecule has 8 nitrogen and oxygen atoms in total. The van der Waals surface area contributed by atoms with E-state index in [-0.39, 0.29) is 23.5 Å². The van der Waals surface area contributed by atoms with Gasteiger partial charge in [0.25, 0.3) is 0 Å². The van der Waals surface area contributed by atoms with Gasteiger partial charge in [-0.1, -0.05) is 44.9 Å². The molecule has 0 saturated heterocycles. The normalized spacial score (nSPS) is 19.0. The largest absolute Gasteiger partial charge is 0.273 e. The Morgan fingerprint density at radius 2 is 1.97 bits per heavy atom. The number of aryl methyl sites for hydroxylation is 2. The fourth-order valence-corrected chi connectivity index (χ4v) is 7.12. The number of thiophene rings is 1. The van der Waals surface area contributed by atoms with Crippen molar-refractivity contribution in [1.82, 2.24) is 30.4 Å². The van der Waals surface area contributed by atoms with Crippen LogP contribution in [0.3, 0.4) is 0 Å². The van der Waals surface area contributed by atoms with Crippen molar-refractivity contribution in [3.05, 3.63) is 16.3 Å². The van der Waals surface area contributed by atoms with Crippen molar-refractivity contribution in [3.63, 3.8) is 0 Å². The summed E-state index contributed by atoms with van der Waals surface area (Å²) in [6.45, 7) is 4.38. The van der Waals surface area contributed by atoms with Gasteiger partial charge in [-0.2, -0.15) is 0 Å². The Morgan fingerprint density at radius 1 is 1.15 bits per heavy atom. The highest BCUT2D eigenvalue weighted by atomic mass is 32.2. The summed E-state index contributed by atoms with van der Waals surface area (Å²) in [6.07, 6.45) is 9.23. The molecule has 0 aromatic carbocycles. The molecule has 1 atom stereocenters. The first-order chi connectivity index (χ1) is 16.0. The van der Waals surface area contributed by atoms with E-state index < -0.39 is 0 Å². The molecule has 33 heavy (non-hydrogen) atoms. The van der Waals surface area contributed by atoms with Gasteiger partial charge in [-0.25, -0.2) is 4.98 Å².